The normalized spacial score (nSPS) is 10.2. The maximum Gasteiger partial charge on any atom is 0.220 e. The van der Waals surface area contributed by atoms with Crippen molar-refractivity contribution >= 4 is 11.7 Å². The number of hydrogen-bond acceptors (Lipinski definition) is 4. The number of aromatic nitrogens is 3. The summed E-state index contributed by atoms with van der Waals surface area (Å²) < 4.78 is 0. The van der Waals surface area contributed by atoms with Gasteiger partial charge in [0.25, 0.3) is 0 Å². The lowest BCUT2D eigenvalue weighted by atomic mass is 10.1. The summed E-state index contributed by atoms with van der Waals surface area (Å²) in [5.41, 5.74) is 7.51. The average Bonchev–Trinajstić information content (AvgIpc) is 2.81. The molecular weight excluding hydrogens is 230 g/mol. The Hall–Kier alpha value is -2.37. The maximum absolute atomic E-state index is 11.6. The number of nitrogen functional groups attached to an aromatic ring is 1. The standard InChI is InChI=1S/C12H15N5O/c13-12-10(8-16-17-12)7-15-11(18)2-1-9-3-5-14-6-4-9/h3-6,8H,1-2,7H2,(H,15,18)(H3,13,16,17). The fraction of sp³-hybridized carbons (Fsp3) is 0.250. The molecule has 0 fully saturated rings. The first kappa shape index (κ1) is 12.1. The highest BCUT2D eigenvalue weighted by atomic mass is 16.1. The Balaban J connectivity index is 1.75. The lowest BCUT2D eigenvalue weighted by molar-refractivity contribution is -0.121. The van der Waals surface area contributed by atoms with E-state index in [1.54, 1.807) is 18.6 Å². The number of nitrogens with two attached hydrogens (primary N) is 1. The Labute approximate surface area is 105 Å². The Morgan fingerprint density at radius 2 is 2.17 bits per heavy atom. The van der Waals surface area contributed by atoms with Gasteiger partial charge in [0.2, 0.25) is 5.91 Å². The molecule has 94 valence electrons. The molecule has 0 unspecified atom stereocenters. The van der Waals surface area contributed by atoms with Crippen molar-refractivity contribution in [2.75, 3.05) is 5.73 Å². The van der Waals surface area contributed by atoms with Crippen LogP contribution in [-0.2, 0) is 17.8 Å². The van der Waals surface area contributed by atoms with Gasteiger partial charge in [0, 0.05) is 30.9 Å². The van der Waals surface area contributed by atoms with Crippen LogP contribution in [0.5, 0.6) is 0 Å². The number of amides is 1. The van der Waals surface area contributed by atoms with Crippen molar-refractivity contribution in [3.05, 3.63) is 41.9 Å². The van der Waals surface area contributed by atoms with Gasteiger partial charge in [0.15, 0.2) is 0 Å². The second-order valence-electron chi connectivity index (χ2n) is 3.94. The number of carbonyl (C=O) groups excluding carboxylic acids is 1. The summed E-state index contributed by atoms with van der Waals surface area (Å²) in [5, 5.41) is 9.21. The van der Waals surface area contributed by atoms with Crippen LogP contribution in [0.25, 0.3) is 0 Å². The van der Waals surface area contributed by atoms with Gasteiger partial charge in [0.1, 0.15) is 5.82 Å². The van der Waals surface area contributed by atoms with Crippen LogP contribution in [0.4, 0.5) is 5.82 Å². The van der Waals surface area contributed by atoms with Crippen LogP contribution in [0.1, 0.15) is 17.5 Å². The van der Waals surface area contributed by atoms with E-state index in [2.05, 4.69) is 20.5 Å². The molecule has 18 heavy (non-hydrogen) atoms. The number of anilines is 1. The van der Waals surface area contributed by atoms with Gasteiger partial charge in [0.05, 0.1) is 6.20 Å². The fourth-order valence-electron chi connectivity index (χ4n) is 1.55. The van der Waals surface area contributed by atoms with E-state index in [4.69, 9.17) is 5.73 Å². The van der Waals surface area contributed by atoms with Crippen LogP contribution in [0.15, 0.2) is 30.7 Å². The molecule has 0 saturated heterocycles. The van der Waals surface area contributed by atoms with E-state index in [1.165, 1.54) is 0 Å². The first-order valence-corrected chi connectivity index (χ1v) is 5.69. The topological polar surface area (TPSA) is 96.7 Å². The second-order valence-corrected chi connectivity index (χ2v) is 3.94. The highest BCUT2D eigenvalue weighted by molar-refractivity contribution is 5.76. The van der Waals surface area contributed by atoms with Crippen molar-refractivity contribution in [2.45, 2.75) is 19.4 Å². The largest absolute Gasteiger partial charge is 0.384 e. The molecule has 1 amide bonds. The minimum absolute atomic E-state index is 0.00703. The van der Waals surface area contributed by atoms with Crippen LogP contribution in [-0.4, -0.2) is 21.1 Å². The zero-order valence-corrected chi connectivity index (χ0v) is 9.89. The number of aromatic amines is 1. The number of nitrogens with zero attached hydrogens (tertiary/aromatic N) is 2. The number of aryl methyl sites for hydroxylation is 1. The van der Waals surface area contributed by atoms with Crippen LogP contribution in [0.3, 0.4) is 0 Å². The predicted molar refractivity (Wildman–Crippen MR) is 67.4 cm³/mol. The molecular formula is C12H15N5O. The van der Waals surface area contributed by atoms with Gasteiger partial charge < -0.3 is 11.1 Å². The Morgan fingerprint density at radius 3 is 2.83 bits per heavy atom. The average molecular weight is 245 g/mol. The summed E-state index contributed by atoms with van der Waals surface area (Å²) >= 11 is 0. The third-order valence-electron chi connectivity index (χ3n) is 2.62. The summed E-state index contributed by atoms with van der Waals surface area (Å²) in [5.74, 6) is 0.483. The summed E-state index contributed by atoms with van der Waals surface area (Å²) in [7, 11) is 0. The number of H-pyrrole nitrogens is 1. The quantitative estimate of drug-likeness (QED) is 0.720. The van der Waals surface area contributed by atoms with Gasteiger partial charge in [-0.2, -0.15) is 5.10 Å². The first-order chi connectivity index (χ1) is 8.75. The molecule has 0 aliphatic rings. The van der Waals surface area contributed by atoms with Crippen molar-refractivity contribution in [1.82, 2.24) is 20.5 Å². The fourth-order valence-corrected chi connectivity index (χ4v) is 1.55. The van der Waals surface area contributed by atoms with E-state index in [0.29, 0.717) is 25.2 Å². The van der Waals surface area contributed by atoms with E-state index in [9.17, 15) is 4.79 Å². The highest BCUT2D eigenvalue weighted by Crippen LogP contribution is 2.05. The zero-order chi connectivity index (χ0) is 12.8. The van der Waals surface area contributed by atoms with Crippen molar-refractivity contribution in [3.63, 3.8) is 0 Å². The SMILES string of the molecule is Nc1[nH]ncc1CNC(=O)CCc1ccncc1. The Bertz CT molecular complexity index is 508. The van der Waals surface area contributed by atoms with E-state index in [1.807, 2.05) is 12.1 Å². The molecule has 4 N–H and O–H groups in total. The van der Waals surface area contributed by atoms with Gasteiger partial charge in [-0.25, -0.2) is 0 Å². The van der Waals surface area contributed by atoms with Gasteiger partial charge in [-0.3, -0.25) is 14.9 Å². The number of hydrogen-bond donors (Lipinski definition) is 3. The van der Waals surface area contributed by atoms with E-state index in [-0.39, 0.29) is 5.91 Å². The van der Waals surface area contributed by atoms with Gasteiger partial charge in [-0.15, -0.1) is 0 Å². The molecule has 0 aromatic carbocycles. The number of carbonyl (C=O) groups is 1. The molecule has 2 aromatic heterocycles. The molecule has 0 saturated carbocycles. The monoisotopic (exact) mass is 245 g/mol. The van der Waals surface area contributed by atoms with Crippen LogP contribution in [0, 0.1) is 0 Å². The van der Waals surface area contributed by atoms with Gasteiger partial charge >= 0.3 is 0 Å². The number of pyridine rings is 1. The van der Waals surface area contributed by atoms with Crippen molar-refractivity contribution in [3.8, 4) is 0 Å². The molecule has 0 aliphatic heterocycles. The van der Waals surface area contributed by atoms with E-state index < -0.39 is 0 Å². The first-order valence-electron chi connectivity index (χ1n) is 5.69. The Morgan fingerprint density at radius 1 is 1.39 bits per heavy atom. The smallest absolute Gasteiger partial charge is 0.220 e. The van der Waals surface area contributed by atoms with Crippen LogP contribution < -0.4 is 11.1 Å². The third-order valence-corrected chi connectivity index (χ3v) is 2.62. The molecule has 2 heterocycles. The molecule has 0 spiro atoms. The molecule has 6 nitrogen and oxygen atoms in total. The minimum Gasteiger partial charge on any atom is -0.384 e. The van der Waals surface area contributed by atoms with Crippen molar-refractivity contribution < 1.29 is 4.79 Å². The summed E-state index contributed by atoms with van der Waals surface area (Å²) in [6.45, 7) is 0.400. The molecule has 2 rings (SSSR count). The molecule has 0 bridgehead atoms. The summed E-state index contributed by atoms with van der Waals surface area (Å²) in [4.78, 5) is 15.6. The van der Waals surface area contributed by atoms with Crippen LogP contribution in [0.2, 0.25) is 0 Å². The summed E-state index contributed by atoms with van der Waals surface area (Å²) in [6.07, 6.45) is 6.20. The molecule has 0 atom stereocenters. The third kappa shape index (κ3) is 3.31. The molecule has 2 aromatic rings. The minimum atomic E-state index is -0.00703. The molecule has 6 heteroatoms. The lowest BCUT2D eigenvalue weighted by Gasteiger charge is -2.04. The van der Waals surface area contributed by atoms with Crippen molar-refractivity contribution in [1.29, 1.82) is 0 Å². The Kier molecular flexibility index (Phi) is 3.90. The van der Waals surface area contributed by atoms with Crippen LogP contribution >= 0.6 is 0 Å². The summed E-state index contributed by atoms with van der Waals surface area (Å²) in [6, 6.07) is 3.81. The second kappa shape index (κ2) is 5.81. The molecule has 0 aliphatic carbocycles. The van der Waals surface area contributed by atoms with E-state index >= 15 is 0 Å². The van der Waals surface area contributed by atoms with Gasteiger partial charge in [-0.05, 0) is 24.1 Å². The van der Waals surface area contributed by atoms with Crippen molar-refractivity contribution in [2.24, 2.45) is 0 Å². The maximum atomic E-state index is 11.6. The zero-order valence-electron chi connectivity index (χ0n) is 9.89. The van der Waals surface area contributed by atoms with E-state index in [0.717, 1.165) is 11.1 Å². The van der Waals surface area contributed by atoms with Gasteiger partial charge in [-0.1, -0.05) is 0 Å². The number of nitrogens with one attached hydrogen (secondary N) is 2. The molecule has 0 radical (unpaired) electrons. The number of rotatable bonds is 5. The highest BCUT2D eigenvalue weighted by Gasteiger charge is 2.05. The predicted octanol–water partition coefficient (Wildman–Crippen LogP) is 0.636. The lowest BCUT2D eigenvalue weighted by Crippen LogP contribution is -2.23.